The number of nitrogens with one attached hydrogen (secondary N) is 1. The Labute approximate surface area is 157 Å². The third-order valence-corrected chi connectivity index (χ3v) is 4.66. The number of rotatable bonds is 5. The number of para-hydroxylation sites is 1. The second-order valence-electron chi connectivity index (χ2n) is 6.36. The molecule has 0 aromatic heterocycles. The molecule has 142 valence electrons. The van der Waals surface area contributed by atoms with Crippen molar-refractivity contribution in [2.24, 2.45) is 0 Å². The molecule has 7 heteroatoms. The van der Waals surface area contributed by atoms with E-state index in [-0.39, 0.29) is 12.8 Å². The minimum Gasteiger partial charge on any atom is -0.454 e. The lowest BCUT2D eigenvalue weighted by atomic mass is 10.0. The highest BCUT2D eigenvalue weighted by atomic mass is 16.7. The van der Waals surface area contributed by atoms with Crippen molar-refractivity contribution in [3.8, 4) is 17.2 Å². The Kier molecular flexibility index (Phi) is 5.41. The zero-order valence-corrected chi connectivity index (χ0v) is 14.9. The Morgan fingerprint density at radius 3 is 2.67 bits per heavy atom. The summed E-state index contributed by atoms with van der Waals surface area (Å²) >= 11 is 0. The summed E-state index contributed by atoms with van der Waals surface area (Å²) in [6.45, 7) is 3.61. The molecule has 1 saturated heterocycles. The van der Waals surface area contributed by atoms with Crippen molar-refractivity contribution in [1.29, 1.82) is 0 Å². The molecule has 2 aromatic carbocycles. The van der Waals surface area contributed by atoms with Crippen molar-refractivity contribution >= 4 is 6.09 Å². The van der Waals surface area contributed by atoms with E-state index in [1.54, 1.807) is 12.1 Å². The maximum Gasteiger partial charge on any atom is 0.412 e. The molecule has 2 aliphatic rings. The molecule has 2 aromatic rings. The van der Waals surface area contributed by atoms with Crippen LogP contribution in [0.15, 0.2) is 48.5 Å². The molecule has 0 radical (unpaired) electrons. The number of fused-ring (bicyclic) bond motifs is 1. The molecule has 1 fully saturated rings. The SMILES string of the molecule is O=C(NC[C@H](c1ccc2c(c1)OCO2)N1CCOCC1)Oc1ccccc1. The van der Waals surface area contributed by atoms with Gasteiger partial charge in [0.25, 0.3) is 0 Å². The number of carbonyl (C=O) groups excluding carboxylic acids is 1. The van der Waals surface area contributed by atoms with Gasteiger partial charge in [0.1, 0.15) is 5.75 Å². The molecular weight excluding hydrogens is 348 g/mol. The Hall–Kier alpha value is -2.77. The van der Waals surface area contributed by atoms with Gasteiger partial charge in [0.05, 0.1) is 19.3 Å². The minimum absolute atomic E-state index is 0.00766. The minimum atomic E-state index is -0.472. The van der Waals surface area contributed by atoms with Crippen LogP contribution in [0.1, 0.15) is 11.6 Å². The number of amides is 1. The van der Waals surface area contributed by atoms with E-state index in [1.807, 2.05) is 36.4 Å². The molecule has 27 heavy (non-hydrogen) atoms. The van der Waals surface area contributed by atoms with E-state index < -0.39 is 6.09 Å². The summed E-state index contributed by atoms with van der Waals surface area (Å²) in [5.74, 6) is 1.99. The Morgan fingerprint density at radius 1 is 1.07 bits per heavy atom. The summed E-state index contributed by atoms with van der Waals surface area (Å²) in [6.07, 6.45) is -0.472. The summed E-state index contributed by atoms with van der Waals surface area (Å²) in [7, 11) is 0. The van der Waals surface area contributed by atoms with Gasteiger partial charge in [-0.3, -0.25) is 4.90 Å². The van der Waals surface area contributed by atoms with E-state index in [4.69, 9.17) is 18.9 Å². The molecule has 2 heterocycles. The van der Waals surface area contributed by atoms with Crippen LogP contribution in [0, 0.1) is 0 Å². The fraction of sp³-hybridized carbons (Fsp3) is 0.350. The first kappa shape index (κ1) is 17.6. The number of benzene rings is 2. The quantitative estimate of drug-likeness (QED) is 0.873. The lowest BCUT2D eigenvalue weighted by molar-refractivity contribution is 0.0164. The van der Waals surface area contributed by atoms with E-state index in [2.05, 4.69) is 10.2 Å². The number of ether oxygens (including phenoxy) is 4. The van der Waals surface area contributed by atoms with Crippen molar-refractivity contribution in [3.63, 3.8) is 0 Å². The molecule has 0 aliphatic carbocycles. The molecule has 1 amide bonds. The Balaban J connectivity index is 1.45. The molecule has 0 spiro atoms. The van der Waals surface area contributed by atoms with Gasteiger partial charge in [0, 0.05) is 19.6 Å². The highest BCUT2D eigenvalue weighted by molar-refractivity contribution is 5.70. The highest BCUT2D eigenvalue weighted by Gasteiger charge is 2.25. The molecule has 4 rings (SSSR count). The van der Waals surface area contributed by atoms with E-state index in [0.29, 0.717) is 25.5 Å². The van der Waals surface area contributed by atoms with Gasteiger partial charge < -0.3 is 24.3 Å². The molecular formula is C20H22N2O5. The van der Waals surface area contributed by atoms with E-state index in [0.717, 1.165) is 30.2 Å². The maximum absolute atomic E-state index is 12.2. The zero-order chi connectivity index (χ0) is 18.5. The second-order valence-corrected chi connectivity index (χ2v) is 6.36. The maximum atomic E-state index is 12.2. The molecule has 7 nitrogen and oxygen atoms in total. The number of hydrogen-bond acceptors (Lipinski definition) is 6. The van der Waals surface area contributed by atoms with Crippen molar-refractivity contribution in [2.45, 2.75) is 6.04 Å². The van der Waals surface area contributed by atoms with Gasteiger partial charge in [-0.25, -0.2) is 4.79 Å². The largest absolute Gasteiger partial charge is 0.454 e. The molecule has 1 N–H and O–H groups in total. The van der Waals surface area contributed by atoms with E-state index in [9.17, 15) is 4.79 Å². The number of morpholine rings is 1. The number of nitrogens with zero attached hydrogens (tertiary/aromatic N) is 1. The van der Waals surface area contributed by atoms with Gasteiger partial charge in [-0.05, 0) is 29.8 Å². The third-order valence-electron chi connectivity index (χ3n) is 4.66. The average Bonchev–Trinajstić information content (AvgIpc) is 3.18. The van der Waals surface area contributed by atoms with Gasteiger partial charge in [-0.2, -0.15) is 0 Å². The van der Waals surface area contributed by atoms with Crippen LogP contribution in [0.5, 0.6) is 17.2 Å². The molecule has 0 saturated carbocycles. The predicted octanol–water partition coefficient (Wildman–Crippen LogP) is 2.58. The van der Waals surface area contributed by atoms with E-state index in [1.165, 1.54) is 0 Å². The fourth-order valence-electron chi connectivity index (χ4n) is 3.28. The Bertz CT molecular complexity index is 777. The number of carbonyl (C=O) groups is 1. The lowest BCUT2D eigenvalue weighted by Gasteiger charge is -2.34. The summed E-state index contributed by atoms with van der Waals surface area (Å²) in [6, 6.07) is 14.9. The monoisotopic (exact) mass is 370 g/mol. The second kappa shape index (κ2) is 8.28. The molecule has 0 unspecified atom stereocenters. The third kappa shape index (κ3) is 4.32. The molecule has 0 bridgehead atoms. The van der Waals surface area contributed by atoms with Crippen LogP contribution in [-0.4, -0.2) is 50.6 Å². The van der Waals surface area contributed by atoms with Crippen LogP contribution in [0.2, 0.25) is 0 Å². The van der Waals surface area contributed by atoms with Gasteiger partial charge in [0.2, 0.25) is 6.79 Å². The van der Waals surface area contributed by atoms with Crippen LogP contribution in [-0.2, 0) is 4.74 Å². The fourth-order valence-corrected chi connectivity index (χ4v) is 3.28. The zero-order valence-electron chi connectivity index (χ0n) is 14.9. The first-order valence-electron chi connectivity index (χ1n) is 9.02. The predicted molar refractivity (Wildman–Crippen MR) is 98.2 cm³/mol. The van der Waals surface area contributed by atoms with Gasteiger partial charge >= 0.3 is 6.09 Å². The lowest BCUT2D eigenvalue weighted by Crippen LogP contribution is -2.44. The van der Waals surface area contributed by atoms with E-state index >= 15 is 0 Å². The van der Waals surface area contributed by atoms with Crippen LogP contribution in [0.4, 0.5) is 4.79 Å². The van der Waals surface area contributed by atoms with Crippen molar-refractivity contribution in [2.75, 3.05) is 39.6 Å². The van der Waals surface area contributed by atoms with Crippen LogP contribution >= 0.6 is 0 Å². The normalized spacial score (nSPS) is 17.3. The van der Waals surface area contributed by atoms with Crippen molar-refractivity contribution in [3.05, 3.63) is 54.1 Å². The van der Waals surface area contributed by atoms with Gasteiger partial charge in [-0.15, -0.1) is 0 Å². The summed E-state index contributed by atoms with van der Waals surface area (Å²) in [5, 5.41) is 2.88. The van der Waals surface area contributed by atoms with Crippen LogP contribution < -0.4 is 19.5 Å². The van der Waals surface area contributed by atoms with Gasteiger partial charge in [-0.1, -0.05) is 24.3 Å². The summed E-state index contributed by atoms with van der Waals surface area (Å²) < 4.78 is 21.7. The standard InChI is InChI=1S/C20H22N2O5/c23-20(27-16-4-2-1-3-5-16)21-13-17(22-8-10-24-11-9-22)15-6-7-18-19(12-15)26-14-25-18/h1-7,12,17H,8-11,13-14H2,(H,21,23)/t17-/m1/s1. The number of hydrogen-bond donors (Lipinski definition) is 1. The first-order valence-corrected chi connectivity index (χ1v) is 9.02. The molecule has 1 atom stereocenters. The van der Waals surface area contributed by atoms with Crippen molar-refractivity contribution < 1.29 is 23.7 Å². The molecule has 2 aliphatic heterocycles. The smallest absolute Gasteiger partial charge is 0.412 e. The Morgan fingerprint density at radius 2 is 1.85 bits per heavy atom. The van der Waals surface area contributed by atoms with Crippen LogP contribution in [0.25, 0.3) is 0 Å². The summed E-state index contributed by atoms with van der Waals surface area (Å²) in [4.78, 5) is 14.5. The van der Waals surface area contributed by atoms with Crippen molar-refractivity contribution in [1.82, 2.24) is 10.2 Å². The highest BCUT2D eigenvalue weighted by Crippen LogP contribution is 2.35. The topological polar surface area (TPSA) is 69.3 Å². The average molecular weight is 370 g/mol. The van der Waals surface area contributed by atoms with Gasteiger partial charge in [0.15, 0.2) is 11.5 Å². The first-order chi connectivity index (χ1) is 13.3. The summed E-state index contributed by atoms with van der Waals surface area (Å²) in [5.41, 5.74) is 1.06. The van der Waals surface area contributed by atoms with Crippen LogP contribution in [0.3, 0.4) is 0 Å².